The molecule has 1 heterocycles. The summed E-state index contributed by atoms with van der Waals surface area (Å²) in [6, 6.07) is 7.55. The van der Waals surface area contributed by atoms with Crippen molar-refractivity contribution in [2.24, 2.45) is 11.3 Å². The van der Waals surface area contributed by atoms with Crippen LogP contribution in [0.5, 0.6) is 0 Å². The molecule has 19 heavy (non-hydrogen) atoms. The molecule has 1 aliphatic rings. The van der Waals surface area contributed by atoms with Gasteiger partial charge in [-0.2, -0.15) is 0 Å². The van der Waals surface area contributed by atoms with Crippen molar-refractivity contribution in [2.45, 2.75) is 33.3 Å². The van der Waals surface area contributed by atoms with E-state index in [1.165, 1.54) is 0 Å². The predicted octanol–water partition coefficient (Wildman–Crippen LogP) is 3.67. The summed E-state index contributed by atoms with van der Waals surface area (Å²) in [6.45, 7) is 5.22. The second-order valence-corrected chi connectivity index (χ2v) is 6.30. The van der Waals surface area contributed by atoms with Crippen LogP contribution in [0.4, 0.5) is 0 Å². The molecular weight excluding hydrogens is 308 g/mol. The van der Waals surface area contributed by atoms with Crippen molar-refractivity contribution >= 4 is 27.7 Å². The lowest BCUT2D eigenvalue weighted by atomic mass is 9.74. The van der Waals surface area contributed by atoms with Gasteiger partial charge in [-0.15, -0.1) is 0 Å². The fourth-order valence-electron chi connectivity index (χ4n) is 2.40. The minimum atomic E-state index is -1.04. The van der Waals surface area contributed by atoms with E-state index in [9.17, 15) is 9.59 Å². The van der Waals surface area contributed by atoms with Gasteiger partial charge >= 0.3 is 5.97 Å². The Hall–Kier alpha value is -1.16. The maximum atomic E-state index is 12.4. The number of carbonyl (C=O) groups excluding carboxylic acids is 2. The number of rotatable bonds is 2. The first-order valence-electron chi connectivity index (χ1n) is 6.38. The van der Waals surface area contributed by atoms with Gasteiger partial charge in [0.2, 0.25) is 0 Å². The molecule has 1 aromatic rings. The van der Waals surface area contributed by atoms with Gasteiger partial charge in [0.05, 0.1) is 5.92 Å². The van der Waals surface area contributed by atoms with Gasteiger partial charge in [0.15, 0.2) is 5.78 Å². The summed E-state index contributed by atoms with van der Waals surface area (Å²) in [5.74, 6) is -0.733. The van der Waals surface area contributed by atoms with Crippen LogP contribution in [0.3, 0.4) is 0 Å². The first kappa shape index (κ1) is 14.3. The van der Waals surface area contributed by atoms with Gasteiger partial charge in [-0.25, -0.2) is 0 Å². The van der Waals surface area contributed by atoms with Crippen molar-refractivity contribution in [3.05, 3.63) is 34.3 Å². The minimum Gasteiger partial charge on any atom is -0.456 e. The standard InChI is InChI=1S/C15H17BrO3/c1-4-11-12(9-5-7-10(16)8-6-9)19-14(18)15(2,3)13(11)17/h5-8,11-12H,4H2,1-3H3/t11-,12+/m1/s1. The molecule has 2 rings (SSSR count). The SMILES string of the molecule is CC[C@H]1C(=O)C(C)(C)C(=O)O[C@H]1c1ccc(Br)cc1. The summed E-state index contributed by atoms with van der Waals surface area (Å²) >= 11 is 3.37. The number of carbonyl (C=O) groups is 2. The summed E-state index contributed by atoms with van der Waals surface area (Å²) in [7, 11) is 0. The molecule has 0 amide bonds. The van der Waals surface area contributed by atoms with E-state index in [1.807, 2.05) is 31.2 Å². The van der Waals surface area contributed by atoms with E-state index in [0.717, 1.165) is 10.0 Å². The smallest absolute Gasteiger partial charge is 0.319 e. The van der Waals surface area contributed by atoms with E-state index in [0.29, 0.717) is 6.42 Å². The topological polar surface area (TPSA) is 43.4 Å². The zero-order chi connectivity index (χ0) is 14.2. The molecule has 4 heteroatoms. The molecule has 0 aromatic heterocycles. The van der Waals surface area contributed by atoms with Crippen molar-refractivity contribution in [1.82, 2.24) is 0 Å². The van der Waals surface area contributed by atoms with Crippen molar-refractivity contribution < 1.29 is 14.3 Å². The van der Waals surface area contributed by atoms with Crippen molar-refractivity contribution in [3.8, 4) is 0 Å². The number of ketones is 1. The summed E-state index contributed by atoms with van der Waals surface area (Å²) in [5, 5.41) is 0. The Morgan fingerprint density at radius 3 is 2.32 bits per heavy atom. The van der Waals surface area contributed by atoms with Crippen LogP contribution in [0.25, 0.3) is 0 Å². The van der Waals surface area contributed by atoms with Gasteiger partial charge in [0.1, 0.15) is 11.5 Å². The molecule has 1 aliphatic heterocycles. The van der Waals surface area contributed by atoms with Gasteiger partial charge in [-0.1, -0.05) is 35.0 Å². The number of hydrogen-bond donors (Lipinski definition) is 0. The molecule has 102 valence electrons. The molecule has 0 unspecified atom stereocenters. The van der Waals surface area contributed by atoms with Gasteiger partial charge < -0.3 is 4.74 Å². The average Bonchev–Trinajstić information content (AvgIpc) is 2.37. The molecular formula is C15H17BrO3. The fourth-order valence-corrected chi connectivity index (χ4v) is 2.66. The van der Waals surface area contributed by atoms with Crippen LogP contribution in [0, 0.1) is 11.3 Å². The van der Waals surface area contributed by atoms with Crippen LogP contribution in [0.15, 0.2) is 28.7 Å². The molecule has 0 radical (unpaired) electrons. The minimum absolute atomic E-state index is 0.0285. The van der Waals surface area contributed by atoms with Gasteiger partial charge in [-0.05, 0) is 38.0 Å². The molecule has 2 atom stereocenters. The maximum absolute atomic E-state index is 12.4. The number of esters is 1. The highest BCUT2D eigenvalue weighted by Gasteiger charge is 2.50. The van der Waals surface area contributed by atoms with Crippen molar-refractivity contribution in [2.75, 3.05) is 0 Å². The Morgan fingerprint density at radius 1 is 1.21 bits per heavy atom. The second kappa shape index (κ2) is 5.08. The summed E-state index contributed by atoms with van der Waals surface area (Å²) < 4.78 is 6.48. The Bertz CT molecular complexity index is 505. The first-order chi connectivity index (χ1) is 8.87. The largest absolute Gasteiger partial charge is 0.456 e. The Labute approximate surface area is 121 Å². The molecule has 3 nitrogen and oxygen atoms in total. The number of cyclic esters (lactones) is 1. The number of hydrogen-bond acceptors (Lipinski definition) is 3. The third-order valence-electron chi connectivity index (χ3n) is 3.70. The molecule has 0 saturated carbocycles. The molecule has 1 aromatic carbocycles. The van der Waals surface area contributed by atoms with E-state index in [2.05, 4.69) is 15.9 Å². The highest BCUT2D eigenvalue weighted by atomic mass is 79.9. The van der Waals surface area contributed by atoms with Crippen molar-refractivity contribution in [1.29, 1.82) is 0 Å². The highest BCUT2D eigenvalue weighted by molar-refractivity contribution is 9.10. The lowest BCUT2D eigenvalue weighted by molar-refractivity contribution is -0.179. The Kier molecular flexibility index (Phi) is 3.81. The number of benzene rings is 1. The zero-order valence-corrected chi connectivity index (χ0v) is 12.9. The number of Topliss-reactive ketones (excluding diaryl/α,β-unsaturated/α-hetero) is 1. The quantitative estimate of drug-likeness (QED) is 0.615. The van der Waals surface area contributed by atoms with Crippen LogP contribution in [-0.2, 0) is 14.3 Å². The highest BCUT2D eigenvalue weighted by Crippen LogP contribution is 2.41. The van der Waals surface area contributed by atoms with Crippen LogP contribution in [-0.4, -0.2) is 11.8 Å². The lowest BCUT2D eigenvalue weighted by Crippen LogP contribution is -2.47. The average molecular weight is 325 g/mol. The first-order valence-corrected chi connectivity index (χ1v) is 7.18. The molecule has 0 aliphatic carbocycles. The van der Waals surface area contributed by atoms with Crippen LogP contribution in [0.1, 0.15) is 38.9 Å². The molecule has 0 N–H and O–H groups in total. The monoisotopic (exact) mass is 324 g/mol. The van der Waals surface area contributed by atoms with Gasteiger partial charge in [-0.3, -0.25) is 9.59 Å². The summed E-state index contributed by atoms with van der Waals surface area (Å²) in [5.41, 5.74) is -0.167. The summed E-state index contributed by atoms with van der Waals surface area (Å²) in [6.07, 6.45) is 0.196. The van der Waals surface area contributed by atoms with E-state index < -0.39 is 17.5 Å². The molecule has 1 fully saturated rings. The van der Waals surface area contributed by atoms with E-state index in [-0.39, 0.29) is 11.7 Å². The van der Waals surface area contributed by atoms with E-state index >= 15 is 0 Å². The molecule has 0 spiro atoms. The van der Waals surface area contributed by atoms with Crippen LogP contribution < -0.4 is 0 Å². The summed E-state index contributed by atoms with van der Waals surface area (Å²) in [4.78, 5) is 24.4. The van der Waals surface area contributed by atoms with Crippen LogP contribution >= 0.6 is 15.9 Å². The number of halogens is 1. The number of ether oxygens (including phenoxy) is 1. The normalized spacial score (nSPS) is 26.1. The zero-order valence-electron chi connectivity index (χ0n) is 11.3. The van der Waals surface area contributed by atoms with Crippen molar-refractivity contribution in [3.63, 3.8) is 0 Å². The molecule has 1 saturated heterocycles. The fraction of sp³-hybridized carbons (Fsp3) is 0.467. The van der Waals surface area contributed by atoms with E-state index in [1.54, 1.807) is 13.8 Å². The Balaban J connectivity index is 2.38. The lowest BCUT2D eigenvalue weighted by Gasteiger charge is -2.37. The van der Waals surface area contributed by atoms with E-state index in [4.69, 9.17) is 4.74 Å². The molecule has 0 bridgehead atoms. The third kappa shape index (κ3) is 2.46. The second-order valence-electron chi connectivity index (χ2n) is 5.38. The predicted molar refractivity (Wildman–Crippen MR) is 75.5 cm³/mol. The van der Waals surface area contributed by atoms with Crippen LogP contribution in [0.2, 0.25) is 0 Å². The van der Waals surface area contributed by atoms with Gasteiger partial charge in [0, 0.05) is 4.47 Å². The third-order valence-corrected chi connectivity index (χ3v) is 4.23. The Morgan fingerprint density at radius 2 is 1.79 bits per heavy atom. The maximum Gasteiger partial charge on any atom is 0.319 e. The van der Waals surface area contributed by atoms with Gasteiger partial charge in [0.25, 0.3) is 0 Å².